The van der Waals surface area contributed by atoms with Crippen LogP contribution in [0.2, 0.25) is 0 Å². The molecule has 0 aliphatic carbocycles. The average Bonchev–Trinajstić information content (AvgIpc) is 3.03. The Bertz CT molecular complexity index is 815. The molecule has 6 heteroatoms. The molecule has 0 fully saturated rings. The standard InChI is InChI=1S/C18H21NO4S/c1-3-4-14-5-8-16(9-6-14)24(20,21)19(2)12-15-7-10-17-18(11-15)23-13-22-17/h5-11H,3-4,12-13H2,1-2H3. The minimum Gasteiger partial charge on any atom is -0.454 e. The van der Waals surface area contributed by atoms with Gasteiger partial charge in [-0.25, -0.2) is 8.42 Å². The van der Waals surface area contributed by atoms with Crippen molar-refractivity contribution in [3.05, 3.63) is 53.6 Å². The molecule has 0 amide bonds. The predicted molar refractivity (Wildman–Crippen MR) is 91.7 cm³/mol. The lowest BCUT2D eigenvalue weighted by Crippen LogP contribution is -2.26. The van der Waals surface area contributed by atoms with Crippen molar-refractivity contribution >= 4 is 10.0 Å². The van der Waals surface area contributed by atoms with Crippen LogP contribution in [0.1, 0.15) is 24.5 Å². The summed E-state index contributed by atoms with van der Waals surface area (Å²) in [5.41, 5.74) is 2.00. The molecule has 24 heavy (non-hydrogen) atoms. The maximum atomic E-state index is 12.7. The van der Waals surface area contributed by atoms with Crippen LogP contribution in [0.4, 0.5) is 0 Å². The van der Waals surface area contributed by atoms with Crippen molar-refractivity contribution in [3.8, 4) is 11.5 Å². The summed E-state index contributed by atoms with van der Waals surface area (Å²) in [4.78, 5) is 0.311. The number of rotatable bonds is 6. The Kier molecular flexibility index (Phi) is 4.78. The third-order valence-corrected chi connectivity index (χ3v) is 5.83. The maximum Gasteiger partial charge on any atom is 0.243 e. The fourth-order valence-electron chi connectivity index (χ4n) is 2.68. The number of fused-ring (bicyclic) bond motifs is 1. The lowest BCUT2D eigenvalue weighted by atomic mass is 10.1. The van der Waals surface area contributed by atoms with E-state index < -0.39 is 10.0 Å². The maximum absolute atomic E-state index is 12.7. The Morgan fingerprint density at radius 3 is 2.38 bits per heavy atom. The van der Waals surface area contributed by atoms with E-state index in [1.165, 1.54) is 4.31 Å². The van der Waals surface area contributed by atoms with Crippen LogP contribution in [0.15, 0.2) is 47.4 Å². The molecule has 0 bridgehead atoms. The lowest BCUT2D eigenvalue weighted by Gasteiger charge is -2.17. The third-order valence-electron chi connectivity index (χ3n) is 4.01. The number of benzene rings is 2. The van der Waals surface area contributed by atoms with Gasteiger partial charge in [0.05, 0.1) is 4.90 Å². The Morgan fingerprint density at radius 2 is 1.67 bits per heavy atom. The Balaban J connectivity index is 1.76. The molecule has 2 aromatic carbocycles. The van der Waals surface area contributed by atoms with Crippen molar-refractivity contribution in [3.63, 3.8) is 0 Å². The first-order valence-corrected chi connectivity index (χ1v) is 9.38. The number of nitrogens with zero attached hydrogens (tertiary/aromatic N) is 1. The molecule has 0 unspecified atom stereocenters. The highest BCUT2D eigenvalue weighted by Crippen LogP contribution is 2.33. The zero-order valence-electron chi connectivity index (χ0n) is 13.9. The van der Waals surface area contributed by atoms with Gasteiger partial charge in [0.25, 0.3) is 0 Å². The molecule has 1 aliphatic rings. The molecule has 0 saturated carbocycles. The van der Waals surface area contributed by atoms with E-state index in [9.17, 15) is 8.42 Å². The van der Waals surface area contributed by atoms with Gasteiger partial charge in [0, 0.05) is 13.6 Å². The summed E-state index contributed by atoms with van der Waals surface area (Å²) in [6.45, 7) is 2.58. The molecule has 0 N–H and O–H groups in total. The molecule has 0 aromatic heterocycles. The largest absolute Gasteiger partial charge is 0.454 e. The number of sulfonamides is 1. The summed E-state index contributed by atoms with van der Waals surface area (Å²) >= 11 is 0. The van der Waals surface area contributed by atoms with Gasteiger partial charge in [-0.3, -0.25) is 0 Å². The fourth-order valence-corrected chi connectivity index (χ4v) is 3.84. The number of hydrogen-bond acceptors (Lipinski definition) is 4. The van der Waals surface area contributed by atoms with E-state index >= 15 is 0 Å². The van der Waals surface area contributed by atoms with Crippen LogP contribution < -0.4 is 9.47 Å². The summed E-state index contributed by atoms with van der Waals surface area (Å²) in [5.74, 6) is 1.35. The van der Waals surface area contributed by atoms with Gasteiger partial charge in [-0.15, -0.1) is 0 Å². The number of hydrogen-bond donors (Lipinski definition) is 0. The first-order valence-electron chi connectivity index (χ1n) is 7.94. The van der Waals surface area contributed by atoms with Crippen molar-refractivity contribution in [2.45, 2.75) is 31.2 Å². The first-order chi connectivity index (χ1) is 11.5. The Hall–Kier alpha value is -2.05. The minimum atomic E-state index is -3.52. The van der Waals surface area contributed by atoms with Crippen molar-refractivity contribution < 1.29 is 17.9 Å². The summed E-state index contributed by atoms with van der Waals surface area (Å²) < 4.78 is 37.4. The van der Waals surface area contributed by atoms with Gasteiger partial charge >= 0.3 is 0 Å². The quantitative estimate of drug-likeness (QED) is 0.805. The van der Waals surface area contributed by atoms with Gasteiger partial charge in [-0.1, -0.05) is 31.5 Å². The molecule has 128 valence electrons. The van der Waals surface area contributed by atoms with E-state index in [0.29, 0.717) is 16.4 Å². The molecule has 0 spiro atoms. The highest BCUT2D eigenvalue weighted by atomic mass is 32.2. The number of ether oxygens (including phenoxy) is 2. The van der Waals surface area contributed by atoms with Gasteiger partial charge < -0.3 is 9.47 Å². The van der Waals surface area contributed by atoms with Gasteiger partial charge in [0.15, 0.2) is 11.5 Å². The second kappa shape index (κ2) is 6.83. The highest BCUT2D eigenvalue weighted by Gasteiger charge is 2.22. The number of aryl methyl sites for hydroxylation is 1. The smallest absolute Gasteiger partial charge is 0.243 e. The van der Waals surface area contributed by atoms with Crippen LogP contribution in [0.5, 0.6) is 11.5 Å². The molecule has 1 aliphatic heterocycles. The van der Waals surface area contributed by atoms with Crippen molar-refractivity contribution in [1.82, 2.24) is 4.31 Å². The van der Waals surface area contributed by atoms with Crippen LogP contribution in [0, 0.1) is 0 Å². The first kappa shape index (κ1) is 16.8. The normalized spacial score (nSPS) is 13.5. The molecule has 0 radical (unpaired) electrons. The molecule has 3 rings (SSSR count). The monoisotopic (exact) mass is 347 g/mol. The second-order valence-electron chi connectivity index (χ2n) is 5.84. The Labute approximate surface area is 142 Å². The van der Waals surface area contributed by atoms with E-state index in [2.05, 4.69) is 6.92 Å². The van der Waals surface area contributed by atoms with E-state index in [0.717, 1.165) is 24.0 Å². The van der Waals surface area contributed by atoms with Gasteiger partial charge in [-0.2, -0.15) is 4.31 Å². The highest BCUT2D eigenvalue weighted by molar-refractivity contribution is 7.89. The SMILES string of the molecule is CCCc1ccc(S(=O)(=O)N(C)Cc2ccc3c(c2)OCO3)cc1. The second-order valence-corrected chi connectivity index (χ2v) is 7.89. The van der Waals surface area contributed by atoms with Gasteiger partial charge in [0.1, 0.15) is 0 Å². The van der Waals surface area contributed by atoms with Crippen LogP contribution in [-0.2, 0) is 23.0 Å². The van der Waals surface area contributed by atoms with E-state index in [-0.39, 0.29) is 13.3 Å². The van der Waals surface area contributed by atoms with Crippen LogP contribution >= 0.6 is 0 Å². The van der Waals surface area contributed by atoms with E-state index in [4.69, 9.17) is 9.47 Å². The van der Waals surface area contributed by atoms with Crippen LogP contribution in [0.25, 0.3) is 0 Å². The summed E-state index contributed by atoms with van der Waals surface area (Å²) in [6.07, 6.45) is 1.99. The topological polar surface area (TPSA) is 55.8 Å². The summed E-state index contributed by atoms with van der Waals surface area (Å²) in [7, 11) is -1.94. The van der Waals surface area contributed by atoms with Crippen molar-refractivity contribution in [1.29, 1.82) is 0 Å². The predicted octanol–water partition coefficient (Wildman–Crippen LogP) is 3.19. The zero-order valence-corrected chi connectivity index (χ0v) is 14.7. The molecule has 1 heterocycles. The molecule has 2 aromatic rings. The van der Waals surface area contributed by atoms with Crippen LogP contribution in [-0.4, -0.2) is 26.6 Å². The minimum absolute atomic E-state index is 0.205. The fraction of sp³-hybridized carbons (Fsp3) is 0.333. The molecular weight excluding hydrogens is 326 g/mol. The van der Waals surface area contributed by atoms with Crippen LogP contribution in [0.3, 0.4) is 0 Å². The van der Waals surface area contributed by atoms with Crippen molar-refractivity contribution in [2.75, 3.05) is 13.8 Å². The van der Waals surface area contributed by atoms with E-state index in [1.807, 2.05) is 24.3 Å². The molecule has 5 nitrogen and oxygen atoms in total. The molecule has 0 atom stereocenters. The lowest BCUT2D eigenvalue weighted by molar-refractivity contribution is 0.174. The third kappa shape index (κ3) is 3.39. The summed E-state index contributed by atoms with van der Waals surface area (Å²) in [5, 5.41) is 0. The van der Waals surface area contributed by atoms with Crippen molar-refractivity contribution in [2.24, 2.45) is 0 Å². The summed E-state index contributed by atoms with van der Waals surface area (Å²) in [6, 6.07) is 12.6. The Morgan fingerprint density at radius 1 is 1.00 bits per heavy atom. The molecular formula is C18H21NO4S. The van der Waals surface area contributed by atoms with E-state index in [1.54, 1.807) is 25.2 Å². The van der Waals surface area contributed by atoms with Gasteiger partial charge in [-0.05, 0) is 41.8 Å². The molecule has 0 saturated heterocycles. The zero-order chi connectivity index (χ0) is 17.2. The average molecular weight is 347 g/mol. The van der Waals surface area contributed by atoms with Gasteiger partial charge in [0.2, 0.25) is 16.8 Å².